The number of rotatable bonds is 7. The second kappa shape index (κ2) is 23.7. The van der Waals surface area contributed by atoms with E-state index >= 15 is 0 Å². The van der Waals surface area contributed by atoms with E-state index in [1.165, 1.54) is 6.92 Å². The standard InChI is InChI=1S/C32H12BF24.C8H16N2.C2H3N.CH3.Pd/c34-25(35,36)13-1-14(26(37,38)39)6-21(5-13)33(22-7-15(27(40,41)42)2-16(8-22)28(43,44)45,23-9-17(29(46,47)48)3-18(10-23)30(49,50)51)24-11-19(31(52,53)54)4-20(12-24)32(55,56)57;1-7(2)9-5-6-10-8(3)4;1-2-3;;/h1-12H;5-8H,1-4H3;1H3;1H3;/q-1;;;-1;+2. The first kappa shape index (κ1) is 66.8. The Labute approximate surface area is 407 Å². The van der Waals surface area contributed by atoms with Crippen molar-refractivity contribution in [2.45, 2.75) is 96.1 Å². The molecule has 0 aromatic heterocycles. The predicted molar refractivity (Wildman–Crippen MR) is 215 cm³/mol. The van der Waals surface area contributed by atoms with Crippen molar-refractivity contribution in [3.63, 3.8) is 0 Å². The van der Waals surface area contributed by atoms with Crippen molar-refractivity contribution in [2.75, 3.05) is 0 Å². The average Bonchev–Trinajstić information content (AvgIpc) is 3.17. The largest absolute Gasteiger partial charge is 2.00 e. The molecule has 29 heteroatoms. The quantitative estimate of drug-likeness (QED) is 0.0787. The van der Waals surface area contributed by atoms with Crippen molar-refractivity contribution in [3.05, 3.63) is 125 Å². The summed E-state index contributed by atoms with van der Waals surface area (Å²) in [4.78, 5) is 8.24. The van der Waals surface area contributed by atoms with Crippen LogP contribution < -0.4 is 21.9 Å². The molecule has 0 saturated carbocycles. The molecule has 402 valence electrons. The van der Waals surface area contributed by atoms with Gasteiger partial charge in [-0.1, -0.05) is 48.5 Å². The van der Waals surface area contributed by atoms with Gasteiger partial charge in [0.15, 0.2) is 0 Å². The Bertz CT molecular complexity index is 2080. The van der Waals surface area contributed by atoms with E-state index in [9.17, 15) is 105 Å². The first-order chi connectivity index (χ1) is 31.3. The van der Waals surface area contributed by atoms with Gasteiger partial charge in [-0.25, -0.2) is 0 Å². The maximum atomic E-state index is 14.2. The van der Waals surface area contributed by atoms with Crippen LogP contribution in [0.4, 0.5) is 105 Å². The van der Waals surface area contributed by atoms with Crippen LogP contribution in [0.25, 0.3) is 0 Å². The number of nitrogens with zero attached hydrogens (tertiary/aromatic N) is 3. The van der Waals surface area contributed by atoms with Gasteiger partial charge in [0.1, 0.15) is 6.15 Å². The normalized spacial score (nSPS) is 13.2. The summed E-state index contributed by atoms with van der Waals surface area (Å²) in [5.74, 6) is 0. The Morgan fingerprint density at radius 1 is 0.361 bits per heavy atom. The third-order valence-corrected chi connectivity index (χ3v) is 9.28. The van der Waals surface area contributed by atoms with E-state index in [0.717, 1.165) is 0 Å². The fourth-order valence-corrected chi connectivity index (χ4v) is 6.49. The van der Waals surface area contributed by atoms with E-state index in [2.05, 4.69) is 9.98 Å². The van der Waals surface area contributed by atoms with Crippen LogP contribution in [-0.2, 0) is 69.8 Å². The summed E-state index contributed by atoms with van der Waals surface area (Å²) in [5, 5.41) is 7.32. The van der Waals surface area contributed by atoms with E-state index in [1.807, 2.05) is 27.7 Å². The molecule has 0 unspecified atom stereocenters. The SMILES string of the molecule is CC#N.CC(C)N=CC=NC(C)C.FC(F)(F)c1cc([B-](c2cc(C(F)(F)F)cc(C(F)(F)F)c2)(c2cc(C(F)(F)F)cc(C(F)(F)F)c2)c2cc(C(F)(F)F)cc(C(F)(F)F)c2)cc(C(F)(F)F)c1.[CH3-].[Pd+2]. The average molecular weight is 1170 g/mol. The van der Waals surface area contributed by atoms with Gasteiger partial charge in [0.25, 0.3) is 0 Å². The molecule has 0 amide bonds. The van der Waals surface area contributed by atoms with Crippen molar-refractivity contribution in [1.82, 2.24) is 0 Å². The Balaban J connectivity index is 0.00000296. The maximum Gasteiger partial charge on any atom is 2.00 e. The molecule has 0 saturated heterocycles. The number of alkyl halides is 24. The molecule has 0 spiro atoms. The number of hydrogen-bond acceptors (Lipinski definition) is 3. The topological polar surface area (TPSA) is 48.5 Å². The summed E-state index contributed by atoms with van der Waals surface area (Å²) in [5.41, 5.74) is -30.2. The van der Waals surface area contributed by atoms with Crippen LogP contribution in [0.5, 0.6) is 0 Å². The first-order valence-electron chi connectivity index (χ1n) is 19.0. The van der Waals surface area contributed by atoms with Crippen LogP contribution in [0.2, 0.25) is 0 Å². The number of aliphatic imine (C=N–C) groups is 2. The molecule has 0 aliphatic rings. The molecule has 0 heterocycles. The van der Waals surface area contributed by atoms with Crippen LogP contribution in [-0.4, -0.2) is 30.7 Å². The summed E-state index contributed by atoms with van der Waals surface area (Å²) >= 11 is 0. The minimum atomic E-state index is -6.13. The van der Waals surface area contributed by atoms with Gasteiger partial charge in [0, 0.05) is 31.4 Å². The zero-order valence-corrected chi connectivity index (χ0v) is 38.6. The molecule has 0 aliphatic heterocycles. The van der Waals surface area contributed by atoms with E-state index in [1.54, 1.807) is 18.5 Å². The molecule has 0 bridgehead atoms. The third-order valence-electron chi connectivity index (χ3n) is 9.28. The van der Waals surface area contributed by atoms with Crippen LogP contribution in [0.3, 0.4) is 0 Å². The first-order valence-corrected chi connectivity index (χ1v) is 19.0. The molecule has 4 aromatic rings. The van der Waals surface area contributed by atoms with Crippen molar-refractivity contribution in [1.29, 1.82) is 5.26 Å². The number of hydrogen-bond donors (Lipinski definition) is 0. The zero-order chi connectivity index (χ0) is 54.6. The van der Waals surface area contributed by atoms with Crippen LogP contribution in [0, 0.1) is 18.8 Å². The molecular formula is C43H34BF24N3Pd. The predicted octanol–water partition coefficient (Wildman–Crippen LogP) is 14.1. The third kappa shape index (κ3) is 17.8. The van der Waals surface area contributed by atoms with Crippen molar-refractivity contribution < 1.29 is 126 Å². The van der Waals surface area contributed by atoms with Gasteiger partial charge in [-0.05, 0) is 52.0 Å². The van der Waals surface area contributed by atoms with E-state index in [4.69, 9.17) is 5.26 Å². The molecular weight excluding hydrogens is 1130 g/mol. The van der Waals surface area contributed by atoms with Crippen molar-refractivity contribution >= 4 is 40.4 Å². The summed E-state index contributed by atoms with van der Waals surface area (Å²) < 4.78 is 341. The molecule has 0 fully saturated rings. The summed E-state index contributed by atoms with van der Waals surface area (Å²) in [6.45, 7) is 9.60. The van der Waals surface area contributed by atoms with Crippen LogP contribution in [0.15, 0.2) is 82.8 Å². The van der Waals surface area contributed by atoms with Gasteiger partial charge in [-0.15, -0.1) is 0 Å². The van der Waals surface area contributed by atoms with Gasteiger partial charge in [-0.3, -0.25) is 9.98 Å². The minimum Gasteiger partial charge on any atom is -0.358 e. The Morgan fingerprint density at radius 3 is 0.583 bits per heavy atom. The second-order valence-electron chi connectivity index (χ2n) is 15.2. The van der Waals surface area contributed by atoms with Crippen molar-refractivity contribution in [2.24, 2.45) is 9.98 Å². The van der Waals surface area contributed by atoms with Gasteiger partial charge in [0.05, 0.1) is 50.6 Å². The molecule has 0 atom stereocenters. The molecule has 4 aromatic carbocycles. The number of benzene rings is 4. The number of nitriles is 1. The Morgan fingerprint density at radius 2 is 0.486 bits per heavy atom. The molecule has 0 N–H and O–H groups in total. The minimum absolute atomic E-state index is 0. The van der Waals surface area contributed by atoms with E-state index < -0.39 is 195 Å². The molecule has 0 radical (unpaired) electrons. The molecule has 3 nitrogen and oxygen atoms in total. The Hall–Kier alpha value is -5.24. The van der Waals surface area contributed by atoms with E-state index in [0.29, 0.717) is 12.1 Å². The molecule has 0 aliphatic carbocycles. The number of halogens is 24. The second-order valence-corrected chi connectivity index (χ2v) is 15.2. The molecule has 4 rings (SSSR count). The zero-order valence-electron chi connectivity index (χ0n) is 37.0. The van der Waals surface area contributed by atoms with Crippen LogP contribution in [0.1, 0.15) is 79.1 Å². The van der Waals surface area contributed by atoms with Gasteiger partial charge >= 0.3 is 69.8 Å². The summed E-state index contributed by atoms with van der Waals surface area (Å²) in [7, 11) is 0. The van der Waals surface area contributed by atoms with Gasteiger partial charge < -0.3 is 7.43 Å². The fourth-order valence-electron chi connectivity index (χ4n) is 6.49. The fraction of sp³-hybridized carbons (Fsp3) is 0.349. The monoisotopic (exact) mass is 1170 g/mol. The van der Waals surface area contributed by atoms with Gasteiger partial charge in [-0.2, -0.15) is 132 Å². The van der Waals surface area contributed by atoms with Gasteiger partial charge in [0.2, 0.25) is 0 Å². The Kier molecular flexibility index (Phi) is 22.0. The molecule has 72 heavy (non-hydrogen) atoms. The summed E-state index contributed by atoms with van der Waals surface area (Å²) in [6, 6.07) is -6.31. The van der Waals surface area contributed by atoms with E-state index in [-0.39, 0.29) is 27.8 Å². The summed E-state index contributed by atoms with van der Waals surface area (Å²) in [6.07, 6.45) is -51.3. The maximum absolute atomic E-state index is 14.2. The van der Waals surface area contributed by atoms with Crippen LogP contribution >= 0.6 is 0 Å². The smallest absolute Gasteiger partial charge is 0.358 e. The van der Waals surface area contributed by atoms with Crippen molar-refractivity contribution in [3.8, 4) is 6.07 Å².